The van der Waals surface area contributed by atoms with Crippen LogP contribution in [0.3, 0.4) is 0 Å². The van der Waals surface area contributed by atoms with E-state index in [0.29, 0.717) is 42.3 Å². The van der Waals surface area contributed by atoms with Gasteiger partial charge in [-0.2, -0.15) is 13.2 Å². The smallest absolute Gasteiger partial charge is 0.369 e. The van der Waals surface area contributed by atoms with E-state index in [1.807, 2.05) is 18.9 Å². The number of hydrogen-bond acceptors (Lipinski definition) is 7. The number of likely N-dealkylation sites (N-methyl/N-ethyl adjacent to an activating group) is 1. The summed E-state index contributed by atoms with van der Waals surface area (Å²) in [6.07, 6.45) is 2.38. The standard InChI is InChI=1S/C27H26ClF3N8O/c1-17-4-5-20(12-23(17)39-15-22(35-36-39)19-13-32-16-33-14-19)34-26(40)18-10-21(27(29,30)31)25(28)24(11-18)38-7-3-6-37(2)8-9-38/h4-5,10-16H,3,6-9H2,1-2H3,(H,34,40). The molecule has 40 heavy (non-hydrogen) atoms. The Labute approximate surface area is 233 Å². The highest BCUT2D eigenvalue weighted by molar-refractivity contribution is 6.34. The van der Waals surface area contributed by atoms with Crippen LogP contribution in [0.25, 0.3) is 16.9 Å². The lowest BCUT2D eigenvalue weighted by atomic mass is 10.1. The first-order chi connectivity index (χ1) is 19.1. The number of aromatic nitrogens is 5. The van der Waals surface area contributed by atoms with Gasteiger partial charge in [0.1, 0.15) is 12.0 Å². The largest absolute Gasteiger partial charge is 0.417 e. The van der Waals surface area contributed by atoms with E-state index >= 15 is 0 Å². The van der Waals surface area contributed by atoms with Crippen molar-refractivity contribution >= 4 is 28.9 Å². The maximum absolute atomic E-state index is 14.0. The van der Waals surface area contributed by atoms with Gasteiger partial charge in [0, 0.05) is 48.8 Å². The molecule has 208 valence electrons. The van der Waals surface area contributed by atoms with Crippen molar-refractivity contribution < 1.29 is 18.0 Å². The first-order valence-electron chi connectivity index (χ1n) is 12.5. The molecule has 0 spiro atoms. The van der Waals surface area contributed by atoms with Gasteiger partial charge < -0.3 is 15.1 Å². The summed E-state index contributed by atoms with van der Waals surface area (Å²) in [7, 11) is 1.96. The molecule has 9 nitrogen and oxygen atoms in total. The number of halogens is 4. The summed E-state index contributed by atoms with van der Waals surface area (Å²) in [5.74, 6) is -0.689. The highest BCUT2D eigenvalue weighted by Crippen LogP contribution is 2.41. The second kappa shape index (κ2) is 11.2. The van der Waals surface area contributed by atoms with Crippen molar-refractivity contribution in [3.05, 3.63) is 77.0 Å². The van der Waals surface area contributed by atoms with Crippen LogP contribution in [0.5, 0.6) is 0 Å². The van der Waals surface area contributed by atoms with Crippen molar-refractivity contribution in [2.45, 2.75) is 19.5 Å². The number of alkyl halides is 3. The number of amides is 1. The number of hydrogen-bond donors (Lipinski definition) is 1. The van der Waals surface area contributed by atoms with Crippen molar-refractivity contribution in [1.29, 1.82) is 0 Å². The lowest BCUT2D eigenvalue weighted by molar-refractivity contribution is -0.137. The fraction of sp³-hybridized carbons (Fsp3) is 0.296. The molecule has 0 atom stereocenters. The number of carbonyl (C=O) groups excluding carboxylic acids is 1. The van der Waals surface area contributed by atoms with Gasteiger partial charge in [-0.1, -0.05) is 22.9 Å². The fourth-order valence-corrected chi connectivity index (χ4v) is 4.88. The number of carbonyl (C=O) groups is 1. The third kappa shape index (κ3) is 5.92. The molecule has 0 aliphatic carbocycles. The Morgan fingerprint density at radius 1 is 1.02 bits per heavy atom. The van der Waals surface area contributed by atoms with Crippen LogP contribution in [0, 0.1) is 6.92 Å². The van der Waals surface area contributed by atoms with E-state index < -0.39 is 22.7 Å². The van der Waals surface area contributed by atoms with E-state index in [4.69, 9.17) is 11.6 Å². The van der Waals surface area contributed by atoms with Gasteiger partial charge in [0.25, 0.3) is 5.91 Å². The Morgan fingerprint density at radius 2 is 1.80 bits per heavy atom. The summed E-state index contributed by atoms with van der Waals surface area (Å²) in [5.41, 5.74) is 2.12. The van der Waals surface area contributed by atoms with Crippen LogP contribution >= 0.6 is 11.6 Å². The van der Waals surface area contributed by atoms with Gasteiger partial charge in [-0.05, 0) is 56.8 Å². The fourth-order valence-electron chi connectivity index (χ4n) is 4.55. The average Bonchev–Trinajstić information content (AvgIpc) is 3.32. The van der Waals surface area contributed by atoms with Crippen LogP contribution in [0.15, 0.2) is 55.2 Å². The minimum atomic E-state index is -4.73. The summed E-state index contributed by atoms with van der Waals surface area (Å²) in [5, 5.41) is 10.7. The average molecular weight is 571 g/mol. The Bertz CT molecular complexity index is 1530. The molecule has 2 aromatic carbocycles. The van der Waals surface area contributed by atoms with E-state index in [9.17, 15) is 18.0 Å². The summed E-state index contributed by atoms with van der Waals surface area (Å²) < 4.78 is 43.4. The molecule has 1 amide bonds. The quantitative estimate of drug-likeness (QED) is 0.357. The topological polar surface area (TPSA) is 92.1 Å². The zero-order chi connectivity index (χ0) is 28.4. The molecule has 3 heterocycles. The first-order valence-corrected chi connectivity index (χ1v) is 12.9. The summed E-state index contributed by atoms with van der Waals surface area (Å²) >= 11 is 6.28. The third-order valence-corrected chi connectivity index (χ3v) is 7.14. The van der Waals surface area contributed by atoms with Crippen LogP contribution in [0.2, 0.25) is 5.02 Å². The zero-order valence-electron chi connectivity index (χ0n) is 21.8. The molecular weight excluding hydrogens is 545 g/mol. The summed E-state index contributed by atoms with van der Waals surface area (Å²) in [6.45, 7) is 4.38. The Hall–Kier alpha value is -4.03. The van der Waals surface area contributed by atoms with Gasteiger partial charge in [-0.3, -0.25) is 4.79 Å². The van der Waals surface area contributed by atoms with Crippen LogP contribution in [-0.4, -0.2) is 69.0 Å². The van der Waals surface area contributed by atoms with Crippen LogP contribution in [0.1, 0.15) is 27.9 Å². The van der Waals surface area contributed by atoms with Gasteiger partial charge >= 0.3 is 6.18 Å². The van der Waals surface area contributed by atoms with Crippen molar-refractivity contribution in [1.82, 2.24) is 29.9 Å². The molecule has 0 unspecified atom stereocenters. The maximum atomic E-state index is 14.0. The molecule has 1 N–H and O–H groups in total. The Morgan fingerprint density at radius 3 is 2.55 bits per heavy atom. The van der Waals surface area contributed by atoms with E-state index in [2.05, 4.69) is 30.5 Å². The molecule has 5 rings (SSSR count). The summed E-state index contributed by atoms with van der Waals surface area (Å²) in [4.78, 5) is 25.2. The van der Waals surface area contributed by atoms with Gasteiger partial charge in [0.15, 0.2) is 0 Å². The van der Waals surface area contributed by atoms with Crippen LogP contribution < -0.4 is 10.2 Å². The van der Waals surface area contributed by atoms with E-state index in [1.54, 1.807) is 41.5 Å². The molecule has 0 saturated carbocycles. The third-order valence-electron chi connectivity index (χ3n) is 6.74. The van der Waals surface area contributed by atoms with Crippen molar-refractivity contribution in [3.8, 4) is 16.9 Å². The maximum Gasteiger partial charge on any atom is 0.417 e. The lowest BCUT2D eigenvalue weighted by Gasteiger charge is -2.26. The van der Waals surface area contributed by atoms with Gasteiger partial charge in [-0.25, -0.2) is 14.6 Å². The second-order valence-electron chi connectivity index (χ2n) is 9.63. The summed E-state index contributed by atoms with van der Waals surface area (Å²) in [6, 6.07) is 7.36. The molecule has 4 aromatic rings. The normalized spacial score (nSPS) is 14.7. The van der Waals surface area contributed by atoms with E-state index in [1.165, 1.54) is 12.4 Å². The zero-order valence-corrected chi connectivity index (χ0v) is 22.5. The van der Waals surface area contributed by atoms with Gasteiger partial charge in [-0.15, -0.1) is 5.10 Å². The van der Waals surface area contributed by atoms with Gasteiger partial charge in [0.05, 0.1) is 28.2 Å². The molecule has 13 heteroatoms. The lowest BCUT2D eigenvalue weighted by Crippen LogP contribution is -2.29. The Kier molecular flexibility index (Phi) is 7.72. The number of nitrogens with one attached hydrogen (secondary N) is 1. The van der Waals surface area contributed by atoms with Crippen molar-refractivity contribution in [2.75, 3.05) is 43.4 Å². The highest BCUT2D eigenvalue weighted by Gasteiger charge is 2.36. The number of benzene rings is 2. The van der Waals surface area contributed by atoms with Crippen molar-refractivity contribution in [3.63, 3.8) is 0 Å². The molecule has 0 radical (unpaired) electrons. The first kappa shape index (κ1) is 27.5. The van der Waals surface area contributed by atoms with Gasteiger partial charge in [0.2, 0.25) is 0 Å². The minimum Gasteiger partial charge on any atom is -0.369 e. The molecule has 2 aromatic heterocycles. The number of nitrogens with zero attached hydrogens (tertiary/aromatic N) is 7. The van der Waals surface area contributed by atoms with Crippen LogP contribution in [0.4, 0.5) is 24.5 Å². The molecule has 1 aliphatic rings. The van der Waals surface area contributed by atoms with Crippen molar-refractivity contribution in [2.24, 2.45) is 0 Å². The second-order valence-corrected chi connectivity index (χ2v) is 10.0. The number of rotatable bonds is 5. The molecule has 1 saturated heterocycles. The SMILES string of the molecule is Cc1ccc(NC(=O)c2cc(N3CCCN(C)CC3)c(Cl)c(C(F)(F)F)c2)cc1-n1cc(-c2cncnc2)nn1. The van der Waals surface area contributed by atoms with Crippen LogP contribution in [-0.2, 0) is 6.18 Å². The van der Waals surface area contributed by atoms with E-state index in [0.717, 1.165) is 24.6 Å². The molecule has 0 bridgehead atoms. The number of aryl methyl sites for hydroxylation is 1. The molecule has 1 fully saturated rings. The minimum absolute atomic E-state index is 0.140. The monoisotopic (exact) mass is 570 g/mol. The van der Waals surface area contributed by atoms with E-state index in [-0.39, 0.29) is 11.3 Å². The highest BCUT2D eigenvalue weighted by atomic mass is 35.5. The molecular formula is C27H26ClF3N8O. The predicted molar refractivity (Wildman–Crippen MR) is 146 cm³/mol. The number of anilines is 2. The predicted octanol–water partition coefficient (Wildman–Crippen LogP) is 5.10. The Balaban J connectivity index is 1.44. The molecule has 1 aliphatic heterocycles.